The molecule has 0 saturated carbocycles. The van der Waals surface area contributed by atoms with Crippen LogP contribution in [0.3, 0.4) is 0 Å². The van der Waals surface area contributed by atoms with E-state index in [1.54, 1.807) is 17.6 Å². The minimum absolute atomic E-state index is 0. The van der Waals surface area contributed by atoms with Crippen molar-refractivity contribution in [3.8, 4) is 10.8 Å². The van der Waals surface area contributed by atoms with Gasteiger partial charge in [-0.1, -0.05) is 0 Å². The van der Waals surface area contributed by atoms with Crippen LogP contribution in [0.1, 0.15) is 25.0 Å². The lowest BCUT2D eigenvalue weighted by Crippen LogP contribution is -2.32. The fourth-order valence-corrected chi connectivity index (χ4v) is 3.50. The standard InChI is InChI=1S/C15H21N3OS.2ClH/c1-18(13-4-2-7-16-8-6-13)10-12-11-20-15(17-12)14-5-3-9-19-14;;/h3,5,9,11,13,16H,2,4,6-8,10H2,1H3;2*1H. The first kappa shape index (κ1) is 19.5. The lowest BCUT2D eigenvalue weighted by atomic mass is 10.1. The van der Waals surface area contributed by atoms with E-state index in [9.17, 15) is 0 Å². The second-order valence-corrected chi connectivity index (χ2v) is 6.23. The van der Waals surface area contributed by atoms with Crippen LogP contribution in [0, 0.1) is 0 Å². The van der Waals surface area contributed by atoms with E-state index in [-0.39, 0.29) is 24.8 Å². The Morgan fingerprint density at radius 3 is 3.00 bits per heavy atom. The van der Waals surface area contributed by atoms with Crippen LogP contribution >= 0.6 is 36.2 Å². The molecule has 0 bridgehead atoms. The Balaban J connectivity index is 0.00000121. The molecule has 22 heavy (non-hydrogen) atoms. The quantitative estimate of drug-likeness (QED) is 0.896. The smallest absolute Gasteiger partial charge is 0.162 e. The van der Waals surface area contributed by atoms with Gasteiger partial charge in [-0.2, -0.15) is 0 Å². The molecular weight excluding hydrogens is 341 g/mol. The van der Waals surface area contributed by atoms with Crippen LogP contribution in [-0.4, -0.2) is 36.1 Å². The molecule has 0 amide bonds. The number of hydrogen-bond donors (Lipinski definition) is 1. The molecule has 0 aliphatic carbocycles. The van der Waals surface area contributed by atoms with Gasteiger partial charge in [0.2, 0.25) is 0 Å². The first-order valence-electron chi connectivity index (χ1n) is 7.22. The largest absolute Gasteiger partial charge is 0.462 e. The molecule has 4 nitrogen and oxygen atoms in total. The SMILES string of the molecule is CN(Cc1csc(-c2ccco2)n1)C1CCCNCC1.Cl.Cl. The summed E-state index contributed by atoms with van der Waals surface area (Å²) >= 11 is 1.66. The van der Waals surface area contributed by atoms with Crippen molar-refractivity contribution < 1.29 is 4.42 Å². The Morgan fingerprint density at radius 1 is 1.36 bits per heavy atom. The zero-order valence-electron chi connectivity index (χ0n) is 12.7. The zero-order valence-corrected chi connectivity index (χ0v) is 15.1. The van der Waals surface area contributed by atoms with E-state index in [1.165, 1.54) is 19.3 Å². The van der Waals surface area contributed by atoms with E-state index in [0.29, 0.717) is 6.04 Å². The molecule has 0 radical (unpaired) electrons. The summed E-state index contributed by atoms with van der Waals surface area (Å²) in [7, 11) is 2.21. The Morgan fingerprint density at radius 2 is 2.23 bits per heavy atom. The summed E-state index contributed by atoms with van der Waals surface area (Å²) in [5.41, 5.74) is 1.14. The van der Waals surface area contributed by atoms with Crippen LogP contribution in [0.4, 0.5) is 0 Å². The molecule has 3 rings (SSSR count). The van der Waals surface area contributed by atoms with Crippen molar-refractivity contribution in [1.82, 2.24) is 15.2 Å². The third kappa shape index (κ3) is 4.96. The van der Waals surface area contributed by atoms with Gasteiger partial charge in [0.15, 0.2) is 10.8 Å². The first-order valence-corrected chi connectivity index (χ1v) is 8.10. The van der Waals surface area contributed by atoms with Gasteiger partial charge in [-0.25, -0.2) is 4.98 Å². The van der Waals surface area contributed by atoms with E-state index >= 15 is 0 Å². The summed E-state index contributed by atoms with van der Waals surface area (Å²) in [6.45, 7) is 3.20. The molecule has 1 aliphatic heterocycles. The second kappa shape index (κ2) is 9.53. The average molecular weight is 364 g/mol. The van der Waals surface area contributed by atoms with E-state index in [1.807, 2.05) is 12.1 Å². The summed E-state index contributed by atoms with van der Waals surface area (Å²) in [4.78, 5) is 7.12. The van der Waals surface area contributed by atoms with Crippen molar-refractivity contribution >= 4 is 36.2 Å². The molecule has 1 atom stereocenters. The molecule has 3 heterocycles. The predicted octanol–water partition coefficient (Wildman–Crippen LogP) is 3.82. The summed E-state index contributed by atoms with van der Waals surface area (Å²) in [5.74, 6) is 0.863. The molecule has 1 N–H and O–H groups in total. The van der Waals surface area contributed by atoms with Gasteiger partial charge in [0.05, 0.1) is 12.0 Å². The normalized spacial score (nSPS) is 18.4. The highest BCUT2D eigenvalue weighted by molar-refractivity contribution is 7.13. The monoisotopic (exact) mass is 363 g/mol. The van der Waals surface area contributed by atoms with Crippen molar-refractivity contribution in [3.05, 3.63) is 29.5 Å². The Labute approximate surface area is 148 Å². The first-order chi connectivity index (χ1) is 9.83. The fraction of sp³-hybridized carbons (Fsp3) is 0.533. The van der Waals surface area contributed by atoms with Gasteiger partial charge in [-0.3, -0.25) is 4.90 Å². The van der Waals surface area contributed by atoms with Crippen LogP contribution < -0.4 is 5.32 Å². The number of nitrogens with one attached hydrogen (secondary N) is 1. The Bertz CT molecular complexity index is 525. The molecule has 0 aromatic carbocycles. The highest BCUT2D eigenvalue weighted by Crippen LogP contribution is 2.25. The van der Waals surface area contributed by atoms with Crippen molar-refractivity contribution in [3.63, 3.8) is 0 Å². The molecule has 1 fully saturated rings. The number of hydrogen-bond acceptors (Lipinski definition) is 5. The number of halogens is 2. The van der Waals surface area contributed by atoms with Gasteiger partial charge in [0.1, 0.15) is 0 Å². The lowest BCUT2D eigenvalue weighted by molar-refractivity contribution is 0.214. The van der Waals surface area contributed by atoms with Crippen LogP contribution in [0.25, 0.3) is 10.8 Å². The van der Waals surface area contributed by atoms with Crippen LogP contribution in [0.15, 0.2) is 28.2 Å². The maximum atomic E-state index is 5.40. The summed E-state index contributed by atoms with van der Waals surface area (Å²) < 4.78 is 5.40. The molecule has 124 valence electrons. The highest BCUT2D eigenvalue weighted by atomic mass is 35.5. The molecule has 7 heteroatoms. The molecule has 1 unspecified atom stereocenters. The van der Waals surface area contributed by atoms with Gasteiger partial charge >= 0.3 is 0 Å². The maximum Gasteiger partial charge on any atom is 0.162 e. The van der Waals surface area contributed by atoms with E-state index in [0.717, 1.165) is 36.1 Å². The van der Waals surface area contributed by atoms with E-state index in [2.05, 4.69) is 27.6 Å². The number of furan rings is 1. The molecule has 2 aromatic heterocycles. The van der Waals surface area contributed by atoms with Gasteiger partial charge in [0.25, 0.3) is 0 Å². The minimum atomic E-state index is 0. The van der Waals surface area contributed by atoms with E-state index in [4.69, 9.17) is 4.42 Å². The molecular formula is C15H23Cl2N3OS. The van der Waals surface area contributed by atoms with Crippen molar-refractivity contribution in [2.24, 2.45) is 0 Å². The van der Waals surface area contributed by atoms with Crippen LogP contribution in [0.2, 0.25) is 0 Å². The topological polar surface area (TPSA) is 41.3 Å². The molecule has 1 saturated heterocycles. The zero-order chi connectivity index (χ0) is 13.8. The fourth-order valence-electron chi connectivity index (χ4n) is 2.72. The third-order valence-electron chi connectivity index (χ3n) is 3.86. The van der Waals surface area contributed by atoms with E-state index < -0.39 is 0 Å². The third-order valence-corrected chi connectivity index (χ3v) is 4.77. The van der Waals surface area contributed by atoms with Crippen LogP contribution in [0.5, 0.6) is 0 Å². The lowest BCUT2D eigenvalue weighted by Gasteiger charge is -2.25. The predicted molar refractivity (Wildman–Crippen MR) is 96.3 cm³/mol. The van der Waals surface area contributed by atoms with Crippen LogP contribution in [-0.2, 0) is 6.54 Å². The average Bonchev–Trinajstić information content (AvgIpc) is 3.05. The summed E-state index contributed by atoms with van der Waals surface area (Å²) in [6.07, 6.45) is 5.47. The van der Waals surface area contributed by atoms with Crippen molar-refractivity contribution in [2.75, 3.05) is 20.1 Å². The summed E-state index contributed by atoms with van der Waals surface area (Å²) in [5, 5.41) is 6.58. The molecule has 0 spiro atoms. The van der Waals surface area contributed by atoms with Gasteiger partial charge in [0, 0.05) is 18.0 Å². The molecule has 1 aliphatic rings. The number of nitrogens with zero attached hydrogens (tertiary/aromatic N) is 2. The Hall–Kier alpha value is -0.590. The minimum Gasteiger partial charge on any atom is -0.462 e. The van der Waals surface area contributed by atoms with Gasteiger partial charge in [-0.15, -0.1) is 36.2 Å². The Kier molecular flexibility index (Phi) is 8.43. The maximum absolute atomic E-state index is 5.40. The highest BCUT2D eigenvalue weighted by Gasteiger charge is 2.18. The van der Waals surface area contributed by atoms with Crippen molar-refractivity contribution in [1.29, 1.82) is 0 Å². The van der Waals surface area contributed by atoms with Gasteiger partial charge < -0.3 is 9.73 Å². The van der Waals surface area contributed by atoms with Crippen molar-refractivity contribution in [2.45, 2.75) is 31.8 Å². The summed E-state index contributed by atoms with van der Waals surface area (Å²) in [6, 6.07) is 4.53. The van der Waals surface area contributed by atoms with Gasteiger partial charge in [-0.05, 0) is 51.5 Å². The number of aromatic nitrogens is 1. The molecule has 2 aromatic rings. The number of thiazole rings is 1. The number of rotatable bonds is 4. The second-order valence-electron chi connectivity index (χ2n) is 5.37.